The lowest BCUT2D eigenvalue weighted by Gasteiger charge is -2.02. The van der Waals surface area contributed by atoms with Crippen molar-refractivity contribution in [3.63, 3.8) is 0 Å². The maximum atomic E-state index is 10.9. The molecule has 1 aromatic heterocycles. The maximum absolute atomic E-state index is 10.9. The van der Waals surface area contributed by atoms with Gasteiger partial charge in [-0.25, -0.2) is 4.98 Å². The molecular weight excluding hydrogens is 246 g/mol. The van der Waals surface area contributed by atoms with Gasteiger partial charge in [0.2, 0.25) is 5.16 Å². The first-order valence-corrected chi connectivity index (χ1v) is 5.70. The number of rotatable bonds is 3. The Morgan fingerprint density at radius 1 is 1.50 bits per heavy atom. The lowest BCUT2D eigenvalue weighted by Crippen LogP contribution is -1.87. The summed E-state index contributed by atoms with van der Waals surface area (Å²) in [5.41, 5.74) is 0.469. The number of H-pyrrole nitrogens is 1. The normalized spacial score (nSPS) is 10.4. The number of aryl methyl sites for hydroxylation is 1. The smallest absolute Gasteiger partial charge is 0.213 e. The number of benzene rings is 1. The van der Waals surface area contributed by atoms with Gasteiger partial charge in [0, 0.05) is 10.5 Å². The minimum Gasteiger partial charge on any atom is -0.298 e. The Morgan fingerprint density at radius 2 is 2.31 bits per heavy atom. The van der Waals surface area contributed by atoms with Crippen LogP contribution in [0.3, 0.4) is 0 Å². The summed E-state index contributed by atoms with van der Waals surface area (Å²) in [6.45, 7) is 1.82. The number of carbonyl (C=O) groups excluding carboxylic acids is 1. The second-order valence-electron chi connectivity index (χ2n) is 3.07. The molecular formula is C10H8ClN3OS. The van der Waals surface area contributed by atoms with Gasteiger partial charge in [0.25, 0.3) is 0 Å². The number of nitrogens with zero attached hydrogens (tertiary/aromatic N) is 2. The Morgan fingerprint density at radius 3 is 2.94 bits per heavy atom. The monoisotopic (exact) mass is 253 g/mol. The van der Waals surface area contributed by atoms with Gasteiger partial charge in [-0.15, -0.1) is 5.10 Å². The van der Waals surface area contributed by atoms with Gasteiger partial charge < -0.3 is 0 Å². The summed E-state index contributed by atoms with van der Waals surface area (Å²) >= 11 is 7.21. The van der Waals surface area contributed by atoms with Gasteiger partial charge in [-0.3, -0.25) is 9.89 Å². The van der Waals surface area contributed by atoms with Crippen molar-refractivity contribution in [2.45, 2.75) is 17.0 Å². The fraction of sp³-hybridized carbons (Fsp3) is 0.100. The van der Waals surface area contributed by atoms with Gasteiger partial charge in [-0.05, 0) is 30.8 Å². The first-order valence-electron chi connectivity index (χ1n) is 4.51. The van der Waals surface area contributed by atoms with Crippen molar-refractivity contribution >= 4 is 29.6 Å². The number of aldehydes is 1. The van der Waals surface area contributed by atoms with E-state index in [4.69, 9.17) is 11.6 Å². The Labute approximate surface area is 101 Å². The van der Waals surface area contributed by atoms with E-state index >= 15 is 0 Å². The van der Waals surface area contributed by atoms with Crippen LogP contribution in [0.1, 0.15) is 16.2 Å². The molecule has 16 heavy (non-hydrogen) atoms. The van der Waals surface area contributed by atoms with Crippen LogP contribution in [0.15, 0.2) is 28.3 Å². The largest absolute Gasteiger partial charge is 0.298 e. The molecule has 1 aromatic carbocycles. The zero-order valence-electron chi connectivity index (χ0n) is 8.40. The van der Waals surface area contributed by atoms with E-state index in [1.807, 2.05) is 13.0 Å². The van der Waals surface area contributed by atoms with E-state index in [1.165, 1.54) is 11.8 Å². The van der Waals surface area contributed by atoms with Crippen molar-refractivity contribution in [1.29, 1.82) is 0 Å². The minimum atomic E-state index is 0.437. The molecule has 82 valence electrons. The van der Waals surface area contributed by atoms with Crippen molar-refractivity contribution < 1.29 is 4.79 Å². The van der Waals surface area contributed by atoms with Gasteiger partial charge in [0.15, 0.2) is 6.29 Å². The van der Waals surface area contributed by atoms with E-state index < -0.39 is 0 Å². The summed E-state index contributed by atoms with van der Waals surface area (Å²) in [5.74, 6) is 0.734. The van der Waals surface area contributed by atoms with Crippen LogP contribution in [-0.4, -0.2) is 21.5 Å². The molecule has 0 aliphatic heterocycles. The summed E-state index contributed by atoms with van der Waals surface area (Å²) in [6, 6.07) is 5.28. The topological polar surface area (TPSA) is 58.6 Å². The molecule has 6 heteroatoms. The third kappa shape index (κ3) is 2.25. The number of carbonyl (C=O) groups is 1. The number of aromatic amines is 1. The molecule has 1 heterocycles. The Hall–Kier alpha value is -1.33. The lowest BCUT2D eigenvalue weighted by molar-refractivity contribution is 0.112. The van der Waals surface area contributed by atoms with Crippen molar-refractivity contribution in [2.24, 2.45) is 0 Å². The molecule has 0 saturated carbocycles. The molecule has 0 radical (unpaired) electrons. The second-order valence-corrected chi connectivity index (χ2v) is 4.49. The van der Waals surface area contributed by atoms with E-state index in [2.05, 4.69) is 15.2 Å². The number of aromatic nitrogens is 3. The molecule has 0 aliphatic rings. The fourth-order valence-corrected chi connectivity index (χ4v) is 2.35. The summed E-state index contributed by atoms with van der Waals surface area (Å²) < 4.78 is 0. The molecule has 0 atom stereocenters. The molecule has 0 amide bonds. The summed E-state index contributed by atoms with van der Waals surface area (Å²) in [7, 11) is 0. The highest BCUT2D eigenvalue weighted by Crippen LogP contribution is 2.30. The molecule has 1 N–H and O–H groups in total. The zero-order valence-corrected chi connectivity index (χ0v) is 9.97. The maximum Gasteiger partial charge on any atom is 0.213 e. The predicted octanol–water partition coefficient (Wildman–Crippen LogP) is 2.73. The van der Waals surface area contributed by atoms with Crippen LogP contribution in [0.25, 0.3) is 0 Å². The predicted molar refractivity (Wildman–Crippen MR) is 62.1 cm³/mol. The van der Waals surface area contributed by atoms with E-state index in [1.54, 1.807) is 12.1 Å². The number of hydrogen-bond donors (Lipinski definition) is 1. The SMILES string of the molecule is Cc1nc(Sc2cccc(Cl)c2C=O)n[nH]1. The van der Waals surface area contributed by atoms with Crippen LogP contribution in [0.2, 0.25) is 5.02 Å². The quantitative estimate of drug-likeness (QED) is 0.855. The summed E-state index contributed by atoms with van der Waals surface area (Å²) in [4.78, 5) is 15.8. The van der Waals surface area contributed by atoms with Crippen molar-refractivity contribution in [2.75, 3.05) is 0 Å². The van der Waals surface area contributed by atoms with E-state index in [0.717, 1.165) is 17.0 Å². The molecule has 2 rings (SSSR count). The second kappa shape index (κ2) is 4.67. The van der Waals surface area contributed by atoms with Crippen LogP contribution >= 0.6 is 23.4 Å². The minimum absolute atomic E-state index is 0.437. The average molecular weight is 254 g/mol. The molecule has 0 bridgehead atoms. The molecule has 0 saturated heterocycles. The highest BCUT2D eigenvalue weighted by Gasteiger charge is 2.09. The molecule has 0 spiro atoms. The van der Waals surface area contributed by atoms with Crippen LogP contribution in [0.5, 0.6) is 0 Å². The van der Waals surface area contributed by atoms with Crippen LogP contribution < -0.4 is 0 Å². The highest BCUT2D eigenvalue weighted by molar-refractivity contribution is 7.99. The van der Waals surface area contributed by atoms with Crippen molar-refractivity contribution in [1.82, 2.24) is 15.2 Å². The highest BCUT2D eigenvalue weighted by atomic mass is 35.5. The van der Waals surface area contributed by atoms with E-state index in [0.29, 0.717) is 15.7 Å². The number of nitrogens with one attached hydrogen (secondary N) is 1. The third-order valence-electron chi connectivity index (χ3n) is 1.91. The molecule has 0 unspecified atom stereocenters. The van der Waals surface area contributed by atoms with Crippen molar-refractivity contribution in [3.8, 4) is 0 Å². The Bertz CT molecular complexity index is 527. The van der Waals surface area contributed by atoms with Crippen LogP contribution in [-0.2, 0) is 0 Å². The number of halogens is 1. The molecule has 2 aromatic rings. The van der Waals surface area contributed by atoms with Crippen molar-refractivity contribution in [3.05, 3.63) is 34.6 Å². The van der Waals surface area contributed by atoms with Gasteiger partial charge in [-0.1, -0.05) is 17.7 Å². The van der Waals surface area contributed by atoms with E-state index in [9.17, 15) is 4.79 Å². The molecule has 0 aliphatic carbocycles. The average Bonchev–Trinajstić information content (AvgIpc) is 2.64. The Kier molecular flexibility index (Phi) is 3.26. The third-order valence-corrected chi connectivity index (χ3v) is 3.18. The van der Waals surface area contributed by atoms with Gasteiger partial charge in [0.1, 0.15) is 5.82 Å². The zero-order chi connectivity index (χ0) is 11.5. The summed E-state index contributed by atoms with van der Waals surface area (Å²) in [6.07, 6.45) is 0.740. The molecule has 4 nitrogen and oxygen atoms in total. The molecule has 0 fully saturated rings. The standard InChI is InChI=1S/C10H8ClN3OS/c1-6-12-10(14-13-6)16-9-4-2-3-8(11)7(9)5-15/h2-5H,1H3,(H,12,13,14). The van der Waals surface area contributed by atoms with Gasteiger partial charge in [0.05, 0.1) is 5.02 Å². The first-order chi connectivity index (χ1) is 7.70. The van der Waals surface area contributed by atoms with Crippen LogP contribution in [0, 0.1) is 6.92 Å². The lowest BCUT2D eigenvalue weighted by atomic mass is 10.2. The Balaban J connectivity index is 2.34. The fourth-order valence-electron chi connectivity index (χ4n) is 1.19. The number of hydrogen-bond acceptors (Lipinski definition) is 4. The first kappa shape index (κ1) is 11.2. The van der Waals surface area contributed by atoms with Gasteiger partial charge in [-0.2, -0.15) is 0 Å². The van der Waals surface area contributed by atoms with E-state index in [-0.39, 0.29) is 0 Å². The summed E-state index contributed by atoms with van der Waals surface area (Å²) in [5, 5.41) is 7.73. The van der Waals surface area contributed by atoms with Crippen LogP contribution in [0.4, 0.5) is 0 Å². The van der Waals surface area contributed by atoms with Gasteiger partial charge >= 0.3 is 0 Å².